The molecule has 4 nitrogen and oxygen atoms in total. The minimum Gasteiger partial charge on any atom is -0.494 e. The summed E-state index contributed by atoms with van der Waals surface area (Å²) in [5.41, 5.74) is 1.86. The molecular formula is C19H21FN2O2S. The summed E-state index contributed by atoms with van der Waals surface area (Å²) in [7, 11) is 1.42. The number of nitrogens with zero attached hydrogens (tertiary/aromatic N) is 1. The molecule has 0 bridgehead atoms. The average Bonchev–Trinajstić information content (AvgIpc) is 3.03. The Morgan fingerprint density at radius 1 is 1.40 bits per heavy atom. The minimum atomic E-state index is -0.446. The predicted octanol–water partition coefficient (Wildman–Crippen LogP) is 3.54. The van der Waals surface area contributed by atoms with E-state index in [1.165, 1.54) is 48.7 Å². The van der Waals surface area contributed by atoms with Gasteiger partial charge < -0.3 is 10.1 Å². The summed E-state index contributed by atoms with van der Waals surface area (Å²) in [4.78, 5) is 17.9. The molecule has 1 aliphatic rings. The Morgan fingerprint density at radius 3 is 3.00 bits per heavy atom. The summed E-state index contributed by atoms with van der Waals surface area (Å²) in [6, 6.07) is 4.58. The van der Waals surface area contributed by atoms with Crippen molar-refractivity contribution in [3.8, 4) is 5.75 Å². The molecule has 0 unspecified atom stereocenters. The van der Waals surface area contributed by atoms with E-state index < -0.39 is 5.82 Å². The number of halogens is 1. The summed E-state index contributed by atoms with van der Waals surface area (Å²) in [5, 5.41) is 3.93. The molecule has 1 aliphatic carbocycles. The van der Waals surface area contributed by atoms with Crippen LogP contribution >= 0.6 is 11.3 Å². The molecule has 0 saturated heterocycles. The van der Waals surface area contributed by atoms with Crippen molar-refractivity contribution in [1.82, 2.24) is 10.3 Å². The second-order valence-electron chi connectivity index (χ2n) is 5.95. The predicted molar refractivity (Wildman–Crippen MR) is 97.5 cm³/mol. The Morgan fingerprint density at radius 2 is 2.24 bits per heavy atom. The normalized spacial score (nSPS) is 13.7. The van der Waals surface area contributed by atoms with E-state index in [9.17, 15) is 9.18 Å². The number of amides is 1. The molecule has 0 spiro atoms. The third kappa shape index (κ3) is 4.66. The molecule has 2 aromatic rings. The smallest absolute Gasteiger partial charge is 0.244 e. The Balaban J connectivity index is 1.47. The quantitative estimate of drug-likeness (QED) is 0.802. The number of nitrogens with one attached hydrogen (secondary N) is 1. The zero-order chi connectivity index (χ0) is 17.6. The Bertz CT molecular complexity index is 762. The van der Waals surface area contributed by atoms with Crippen molar-refractivity contribution in [3.63, 3.8) is 0 Å². The Labute approximate surface area is 150 Å². The van der Waals surface area contributed by atoms with Crippen LogP contribution in [0.5, 0.6) is 5.75 Å². The second kappa shape index (κ2) is 8.25. The summed E-state index contributed by atoms with van der Waals surface area (Å²) >= 11 is 1.77. The second-order valence-corrected chi connectivity index (χ2v) is 7.12. The van der Waals surface area contributed by atoms with Gasteiger partial charge in [-0.05, 0) is 49.5 Å². The van der Waals surface area contributed by atoms with Gasteiger partial charge in [-0.2, -0.15) is 0 Å². The van der Waals surface area contributed by atoms with E-state index in [4.69, 9.17) is 4.74 Å². The number of carbonyl (C=O) groups is 1. The van der Waals surface area contributed by atoms with Gasteiger partial charge in [0.15, 0.2) is 11.6 Å². The van der Waals surface area contributed by atoms with Gasteiger partial charge in [0, 0.05) is 23.9 Å². The zero-order valence-electron chi connectivity index (χ0n) is 14.2. The lowest BCUT2D eigenvalue weighted by Crippen LogP contribution is -2.23. The minimum absolute atomic E-state index is 0.188. The molecule has 25 heavy (non-hydrogen) atoms. The summed E-state index contributed by atoms with van der Waals surface area (Å²) in [6.45, 7) is 0.548. The molecule has 1 aromatic carbocycles. The number of fused-ring (bicyclic) bond motifs is 1. The van der Waals surface area contributed by atoms with E-state index in [0.29, 0.717) is 12.1 Å². The van der Waals surface area contributed by atoms with Crippen LogP contribution in [-0.2, 0) is 24.1 Å². The van der Waals surface area contributed by atoms with Crippen molar-refractivity contribution >= 4 is 23.3 Å². The maximum absolute atomic E-state index is 13.6. The lowest BCUT2D eigenvalue weighted by Gasteiger charge is -2.06. The fourth-order valence-electron chi connectivity index (χ4n) is 2.82. The third-order valence-electron chi connectivity index (χ3n) is 4.13. The van der Waals surface area contributed by atoms with Crippen molar-refractivity contribution in [2.45, 2.75) is 32.1 Å². The van der Waals surface area contributed by atoms with Crippen LogP contribution in [0, 0.1) is 5.82 Å². The van der Waals surface area contributed by atoms with Crippen molar-refractivity contribution < 1.29 is 13.9 Å². The van der Waals surface area contributed by atoms with E-state index in [0.717, 1.165) is 24.3 Å². The Hall–Kier alpha value is -2.21. The molecule has 0 aliphatic heterocycles. The first-order chi connectivity index (χ1) is 12.2. The van der Waals surface area contributed by atoms with Gasteiger partial charge in [-0.15, -0.1) is 11.3 Å². The number of rotatable bonds is 6. The molecule has 6 heteroatoms. The fraction of sp³-hybridized carbons (Fsp3) is 0.368. The number of hydrogen-bond acceptors (Lipinski definition) is 4. The van der Waals surface area contributed by atoms with Crippen molar-refractivity contribution in [2.75, 3.05) is 13.7 Å². The van der Waals surface area contributed by atoms with E-state index in [2.05, 4.69) is 10.3 Å². The number of benzene rings is 1. The van der Waals surface area contributed by atoms with E-state index in [1.54, 1.807) is 23.5 Å². The van der Waals surface area contributed by atoms with Gasteiger partial charge in [0.1, 0.15) is 0 Å². The highest BCUT2D eigenvalue weighted by atomic mass is 32.1. The molecular weight excluding hydrogens is 339 g/mol. The standard InChI is InChI=1S/C19H21FN2O2S/c1-24-16-8-6-13(12-14(16)20)7-9-18(23)21-11-10-19-22-15-4-2-3-5-17(15)25-19/h6-9,12H,2-5,10-11H2,1H3,(H,21,23)/b9-7+. The lowest BCUT2D eigenvalue weighted by atomic mass is 10.0. The molecule has 132 valence electrons. The molecule has 1 heterocycles. The monoisotopic (exact) mass is 360 g/mol. The molecule has 0 radical (unpaired) electrons. The summed E-state index contributed by atoms with van der Waals surface area (Å²) in [6.07, 6.45) is 8.44. The van der Waals surface area contributed by atoms with Crippen LogP contribution in [0.15, 0.2) is 24.3 Å². The fourth-order valence-corrected chi connectivity index (χ4v) is 3.98. The number of aryl methyl sites for hydroxylation is 2. The maximum atomic E-state index is 13.6. The molecule has 1 N–H and O–H groups in total. The SMILES string of the molecule is COc1ccc(/C=C/C(=O)NCCc2nc3c(s2)CCCC3)cc1F. The van der Waals surface area contributed by atoms with Gasteiger partial charge in [0.25, 0.3) is 0 Å². The van der Waals surface area contributed by atoms with Crippen LogP contribution in [0.3, 0.4) is 0 Å². The molecule has 0 fully saturated rings. The largest absolute Gasteiger partial charge is 0.494 e. The van der Waals surface area contributed by atoms with E-state index >= 15 is 0 Å². The molecule has 3 rings (SSSR count). The van der Waals surface area contributed by atoms with Crippen LogP contribution < -0.4 is 10.1 Å². The molecule has 1 amide bonds. The first kappa shape index (κ1) is 17.6. The zero-order valence-corrected chi connectivity index (χ0v) is 15.0. The summed E-state index contributed by atoms with van der Waals surface area (Å²) in [5.74, 6) is -0.455. The third-order valence-corrected chi connectivity index (χ3v) is 5.35. The number of thiazole rings is 1. The van der Waals surface area contributed by atoms with Crippen LogP contribution in [0.25, 0.3) is 6.08 Å². The number of methoxy groups -OCH3 is 1. The molecule has 1 aromatic heterocycles. The average molecular weight is 360 g/mol. The molecule has 0 saturated carbocycles. The number of aromatic nitrogens is 1. The van der Waals surface area contributed by atoms with Crippen molar-refractivity contribution in [2.24, 2.45) is 0 Å². The van der Waals surface area contributed by atoms with Gasteiger partial charge in [0.2, 0.25) is 5.91 Å². The van der Waals surface area contributed by atoms with Gasteiger partial charge in [-0.3, -0.25) is 4.79 Å². The maximum Gasteiger partial charge on any atom is 0.244 e. The first-order valence-electron chi connectivity index (χ1n) is 8.42. The summed E-state index contributed by atoms with van der Waals surface area (Å²) < 4.78 is 18.5. The highest BCUT2D eigenvalue weighted by Gasteiger charge is 2.14. The number of carbonyl (C=O) groups excluding carboxylic acids is 1. The lowest BCUT2D eigenvalue weighted by molar-refractivity contribution is -0.116. The van der Waals surface area contributed by atoms with E-state index in [-0.39, 0.29) is 11.7 Å². The van der Waals surface area contributed by atoms with Gasteiger partial charge in [-0.25, -0.2) is 9.37 Å². The van der Waals surface area contributed by atoms with E-state index in [1.807, 2.05) is 0 Å². The van der Waals surface area contributed by atoms with Gasteiger partial charge in [-0.1, -0.05) is 6.07 Å². The van der Waals surface area contributed by atoms with Gasteiger partial charge >= 0.3 is 0 Å². The topological polar surface area (TPSA) is 51.2 Å². The van der Waals surface area contributed by atoms with Crippen LogP contribution in [-0.4, -0.2) is 24.5 Å². The Kier molecular flexibility index (Phi) is 5.81. The highest BCUT2D eigenvalue weighted by molar-refractivity contribution is 7.11. The van der Waals surface area contributed by atoms with Crippen LogP contribution in [0.4, 0.5) is 4.39 Å². The number of hydrogen-bond donors (Lipinski definition) is 1. The van der Waals surface area contributed by atoms with Gasteiger partial charge in [0.05, 0.1) is 17.8 Å². The van der Waals surface area contributed by atoms with Crippen molar-refractivity contribution in [3.05, 3.63) is 51.2 Å². The van der Waals surface area contributed by atoms with Crippen LogP contribution in [0.2, 0.25) is 0 Å². The highest BCUT2D eigenvalue weighted by Crippen LogP contribution is 2.26. The molecule has 0 atom stereocenters. The first-order valence-corrected chi connectivity index (χ1v) is 9.24. The number of ether oxygens (including phenoxy) is 1. The van der Waals surface area contributed by atoms with Crippen LogP contribution in [0.1, 0.15) is 34.0 Å². The van der Waals surface area contributed by atoms with Crippen molar-refractivity contribution in [1.29, 1.82) is 0 Å².